The maximum absolute atomic E-state index is 10.2. The Labute approximate surface area is 106 Å². The summed E-state index contributed by atoms with van der Waals surface area (Å²) in [7, 11) is 0. The van der Waals surface area contributed by atoms with Gasteiger partial charge in [-0.15, -0.1) is 0 Å². The van der Waals surface area contributed by atoms with Gasteiger partial charge in [-0.1, -0.05) is 24.4 Å². The highest BCUT2D eigenvalue weighted by atomic mass is 35.5. The zero-order valence-corrected chi connectivity index (χ0v) is 10.3. The van der Waals surface area contributed by atoms with Gasteiger partial charge < -0.3 is 10.4 Å². The van der Waals surface area contributed by atoms with Gasteiger partial charge in [-0.25, -0.2) is 0 Å². The lowest BCUT2D eigenvalue weighted by molar-refractivity contribution is 0.0615. The number of hydrogen-bond acceptors (Lipinski definition) is 3. The SMILES string of the molecule is N#Cc1ccc(NCC2(O)CCCC2)c(Cl)c1. The first-order valence-electron chi connectivity index (χ1n) is 5.79. The third kappa shape index (κ3) is 2.91. The molecule has 1 aromatic rings. The van der Waals surface area contributed by atoms with Gasteiger partial charge in [-0.2, -0.15) is 5.26 Å². The Morgan fingerprint density at radius 2 is 2.12 bits per heavy atom. The second-order valence-electron chi connectivity index (χ2n) is 4.59. The fourth-order valence-electron chi connectivity index (χ4n) is 2.20. The summed E-state index contributed by atoms with van der Waals surface area (Å²) < 4.78 is 0. The molecule has 0 amide bonds. The maximum Gasteiger partial charge on any atom is 0.0992 e. The molecule has 2 N–H and O–H groups in total. The van der Waals surface area contributed by atoms with Gasteiger partial charge in [0, 0.05) is 6.54 Å². The average molecular weight is 251 g/mol. The van der Waals surface area contributed by atoms with E-state index in [4.69, 9.17) is 16.9 Å². The van der Waals surface area contributed by atoms with Gasteiger partial charge in [0.2, 0.25) is 0 Å². The van der Waals surface area contributed by atoms with Crippen LogP contribution in [0.15, 0.2) is 18.2 Å². The lowest BCUT2D eigenvalue weighted by atomic mass is 10.0. The summed E-state index contributed by atoms with van der Waals surface area (Å²) in [6.45, 7) is 0.513. The normalized spacial score (nSPS) is 17.7. The molecule has 0 heterocycles. The Hall–Kier alpha value is -1.24. The van der Waals surface area contributed by atoms with Crippen LogP contribution in [-0.4, -0.2) is 17.3 Å². The van der Waals surface area contributed by atoms with Crippen molar-refractivity contribution in [2.75, 3.05) is 11.9 Å². The minimum absolute atomic E-state index is 0.513. The average Bonchev–Trinajstić information content (AvgIpc) is 2.75. The van der Waals surface area contributed by atoms with Crippen molar-refractivity contribution in [1.82, 2.24) is 0 Å². The van der Waals surface area contributed by atoms with Crippen molar-refractivity contribution in [3.63, 3.8) is 0 Å². The first-order chi connectivity index (χ1) is 8.13. The molecule has 90 valence electrons. The van der Waals surface area contributed by atoms with Crippen LogP contribution < -0.4 is 5.32 Å². The largest absolute Gasteiger partial charge is 0.388 e. The second-order valence-corrected chi connectivity index (χ2v) is 5.00. The Kier molecular flexibility index (Phi) is 3.56. The van der Waals surface area contributed by atoms with E-state index in [0.29, 0.717) is 17.1 Å². The predicted molar refractivity (Wildman–Crippen MR) is 68.1 cm³/mol. The summed E-state index contributed by atoms with van der Waals surface area (Å²) in [5.41, 5.74) is 0.711. The third-order valence-electron chi connectivity index (χ3n) is 3.24. The zero-order chi connectivity index (χ0) is 12.3. The molecule has 0 aliphatic heterocycles. The van der Waals surface area contributed by atoms with E-state index in [1.54, 1.807) is 18.2 Å². The molecule has 1 saturated carbocycles. The Bertz CT molecular complexity index is 447. The highest BCUT2D eigenvalue weighted by molar-refractivity contribution is 6.33. The van der Waals surface area contributed by atoms with Crippen LogP contribution in [0.1, 0.15) is 31.2 Å². The molecule has 0 radical (unpaired) electrons. The first kappa shape index (κ1) is 12.2. The number of hydrogen-bond donors (Lipinski definition) is 2. The van der Waals surface area contributed by atoms with Crippen LogP contribution in [0.25, 0.3) is 0 Å². The summed E-state index contributed by atoms with van der Waals surface area (Å²) in [5, 5.41) is 22.6. The summed E-state index contributed by atoms with van der Waals surface area (Å²) in [5.74, 6) is 0. The highest BCUT2D eigenvalue weighted by Crippen LogP contribution is 2.30. The smallest absolute Gasteiger partial charge is 0.0992 e. The minimum Gasteiger partial charge on any atom is -0.388 e. The molecule has 0 bridgehead atoms. The lowest BCUT2D eigenvalue weighted by Gasteiger charge is -2.23. The van der Waals surface area contributed by atoms with Crippen molar-refractivity contribution in [3.8, 4) is 6.07 Å². The van der Waals surface area contributed by atoms with E-state index in [2.05, 4.69) is 5.32 Å². The minimum atomic E-state index is -0.600. The lowest BCUT2D eigenvalue weighted by Crippen LogP contribution is -2.33. The van der Waals surface area contributed by atoms with Crippen LogP contribution in [0.3, 0.4) is 0 Å². The maximum atomic E-state index is 10.2. The van der Waals surface area contributed by atoms with Crippen molar-refractivity contribution in [3.05, 3.63) is 28.8 Å². The zero-order valence-electron chi connectivity index (χ0n) is 9.54. The van der Waals surface area contributed by atoms with E-state index in [9.17, 15) is 5.11 Å². The van der Waals surface area contributed by atoms with Crippen LogP contribution in [0.5, 0.6) is 0 Å². The molecule has 0 spiro atoms. The molecule has 0 unspecified atom stereocenters. The number of anilines is 1. The van der Waals surface area contributed by atoms with Crippen molar-refractivity contribution >= 4 is 17.3 Å². The molecular weight excluding hydrogens is 236 g/mol. The van der Waals surface area contributed by atoms with E-state index in [0.717, 1.165) is 31.4 Å². The third-order valence-corrected chi connectivity index (χ3v) is 3.55. The van der Waals surface area contributed by atoms with E-state index >= 15 is 0 Å². The van der Waals surface area contributed by atoms with Crippen LogP contribution in [0.2, 0.25) is 5.02 Å². The van der Waals surface area contributed by atoms with Gasteiger partial charge in [0.1, 0.15) is 0 Å². The molecule has 1 fully saturated rings. The van der Waals surface area contributed by atoms with Gasteiger partial charge in [0.25, 0.3) is 0 Å². The molecule has 3 nitrogen and oxygen atoms in total. The van der Waals surface area contributed by atoms with E-state index in [-0.39, 0.29) is 0 Å². The highest BCUT2D eigenvalue weighted by Gasteiger charge is 2.30. The number of nitriles is 1. The Morgan fingerprint density at radius 1 is 1.41 bits per heavy atom. The number of aliphatic hydroxyl groups is 1. The molecular formula is C13H15ClN2O. The van der Waals surface area contributed by atoms with Crippen molar-refractivity contribution < 1.29 is 5.11 Å². The van der Waals surface area contributed by atoms with Crippen LogP contribution in [0, 0.1) is 11.3 Å². The van der Waals surface area contributed by atoms with Gasteiger partial charge in [-0.3, -0.25) is 0 Å². The van der Waals surface area contributed by atoms with Crippen LogP contribution >= 0.6 is 11.6 Å². The van der Waals surface area contributed by atoms with Crippen LogP contribution in [-0.2, 0) is 0 Å². The number of benzene rings is 1. The molecule has 4 heteroatoms. The molecule has 0 atom stereocenters. The van der Waals surface area contributed by atoms with Crippen molar-refractivity contribution in [2.45, 2.75) is 31.3 Å². The molecule has 1 aliphatic carbocycles. The monoisotopic (exact) mass is 250 g/mol. The van der Waals surface area contributed by atoms with Gasteiger partial charge >= 0.3 is 0 Å². The molecule has 1 aliphatic rings. The van der Waals surface area contributed by atoms with E-state index < -0.39 is 5.60 Å². The summed E-state index contributed by atoms with van der Waals surface area (Å²) in [6, 6.07) is 7.16. The standard InChI is InChI=1S/C13H15ClN2O/c14-11-7-10(8-15)3-4-12(11)16-9-13(17)5-1-2-6-13/h3-4,7,16-17H,1-2,5-6,9H2. The Morgan fingerprint density at radius 3 is 2.71 bits per heavy atom. The van der Waals surface area contributed by atoms with Gasteiger partial charge in [0.15, 0.2) is 0 Å². The Balaban J connectivity index is 2.02. The number of halogens is 1. The summed E-state index contributed by atoms with van der Waals surface area (Å²) in [6.07, 6.45) is 3.85. The number of nitrogens with zero attached hydrogens (tertiary/aromatic N) is 1. The number of rotatable bonds is 3. The van der Waals surface area contributed by atoms with Gasteiger partial charge in [-0.05, 0) is 31.0 Å². The topological polar surface area (TPSA) is 56.0 Å². The molecule has 2 rings (SSSR count). The quantitative estimate of drug-likeness (QED) is 0.867. The van der Waals surface area contributed by atoms with Crippen LogP contribution in [0.4, 0.5) is 5.69 Å². The molecule has 0 aromatic heterocycles. The fourth-order valence-corrected chi connectivity index (χ4v) is 2.45. The van der Waals surface area contributed by atoms with Crippen molar-refractivity contribution in [2.24, 2.45) is 0 Å². The molecule has 1 aromatic carbocycles. The molecule has 17 heavy (non-hydrogen) atoms. The fraction of sp³-hybridized carbons (Fsp3) is 0.462. The van der Waals surface area contributed by atoms with E-state index in [1.165, 1.54) is 0 Å². The van der Waals surface area contributed by atoms with E-state index in [1.807, 2.05) is 6.07 Å². The number of nitrogens with one attached hydrogen (secondary N) is 1. The van der Waals surface area contributed by atoms with Gasteiger partial charge in [0.05, 0.1) is 27.9 Å². The summed E-state index contributed by atoms with van der Waals surface area (Å²) >= 11 is 6.04. The van der Waals surface area contributed by atoms with Crippen molar-refractivity contribution in [1.29, 1.82) is 5.26 Å². The predicted octanol–water partition coefficient (Wildman–Crippen LogP) is 2.93. The first-order valence-corrected chi connectivity index (χ1v) is 6.17. The summed E-state index contributed by atoms with van der Waals surface area (Å²) in [4.78, 5) is 0. The second kappa shape index (κ2) is 4.95. The molecule has 0 saturated heterocycles.